The molecule has 2 aromatic rings. The molecule has 0 heterocycles. The lowest BCUT2D eigenvalue weighted by atomic mass is 10.1. The van der Waals surface area contributed by atoms with Crippen LogP contribution in [0.2, 0.25) is 0 Å². The minimum Gasteiger partial charge on any atom is -0.312 e. The largest absolute Gasteiger partial charge is 0.312 e. The van der Waals surface area contributed by atoms with Gasteiger partial charge in [-0.3, -0.25) is 0 Å². The Kier molecular flexibility index (Phi) is 6.34. The maximum absolute atomic E-state index is 3.54. The highest BCUT2D eigenvalue weighted by Gasteiger charge is 2.06. The molecule has 3 heteroatoms. The van der Waals surface area contributed by atoms with E-state index in [1.807, 2.05) is 11.8 Å². The molecule has 0 aliphatic heterocycles. The van der Waals surface area contributed by atoms with Crippen molar-refractivity contribution in [1.82, 2.24) is 5.32 Å². The van der Waals surface area contributed by atoms with Crippen LogP contribution in [0.15, 0.2) is 56.7 Å². The molecule has 0 saturated carbocycles. The summed E-state index contributed by atoms with van der Waals surface area (Å²) in [6.07, 6.45) is 0. The van der Waals surface area contributed by atoms with Gasteiger partial charge in [0, 0.05) is 20.8 Å². The van der Waals surface area contributed by atoms with E-state index >= 15 is 0 Å². The van der Waals surface area contributed by atoms with E-state index in [0.29, 0.717) is 5.92 Å². The number of aryl methyl sites for hydroxylation is 1. The van der Waals surface area contributed by atoms with E-state index in [2.05, 4.69) is 84.5 Å². The molecule has 0 saturated heterocycles. The monoisotopic (exact) mass is 363 g/mol. The van der Waals surface area contributed by atoms with Gasteiger partial charge in [-0.05, 0) is 49.2 Å². The first-order valence-corrected chi connectivity index (χ1v) is 8.89. The lowest BCUT2D eigenvalue weighted by Crippen LogP contribution is -2.19. The van der Waals surface area contributed by atoms with E-state index in [1.165, 1.54) is 20.9 Å². The molecule has 112 valence electrons. The van der Waals surface area contributed by atoms with Gasteiger partial charge < -0.3 is 5.32 Å². The van der Waals surface area contributed by atoms with Crippen LogP contribution in [0.25, 0.3) is 0 Å². The van der Waals surface area contributed by atoms with Crippen LogP contribution in [0.4, 0.5) is 0 Å². The average Bonchev–Trinajstić information content (AvgIpc) is 2.41. The van der Waals surface area contributed by atoms with Gasteiger partial charge in [0.05, 0.1) is 0 Å². The Morgan fingerprint density at radius 1 is 1.14 bits per heavy atom. The van der Waals surface area contributed by atoms with Gasteiger partial charge in [-0.2, -0.15) is 0 Å². The summed E-state index contributed by atoms with van der Waals surface area (Å²) in [6.45, 7) is 8.60. The second-order valence-electron chi connectivity index (χ2n) is 5.70. The molecule has 2 rings (SSSR count). The molecule has 0 aliphatic rings. The fourth-order valence-electron chi connectivity index (χ4n) is 2.10. The van der Waals surface area contributed by atoms with Crippen molar-refractivity contribution in [3.63, 3.8) is 0 Å². The van der Waals surface area contributed by atoms with Crippen LogP contribution in [0, 0.1) is 12.8 Å². The van der Waals surface area contributed by atoms with Crippen molar-refractivity contribution in [2.24, 2.45) is 5.92 Å². The Morgan fingerprint density at radius 3 is 2.67 bits per heavy atom. The summed E-state index contributed by atoms with van der Waals surface area (Å²) in [7, 11) is 0. The third kappa shape index (κ3) is 5.50. The highest BCUT2D eigenvalue weighted by atomic mass is 79.9. The van der Waals surface area contributed by atoms with E-state index in [0.717, 1.165) is 17.6 Å². The molecule has 21 heavy (non-hydrogen) atoms. The maximum atomic E-state index is 3.54. The van der Waals surface area contributed by atoms with Gasteiger partial charge in [0.25, 0.3) is 0 Å². The molecule has 0 radical (unpaired) electrons. The molecular formula is C18H22BrNS. The molecule has 2 aromatic carbocycles. The zero-order valence-electron chi connectivity index (χ0n) is 12.8. The molecule has 0 fully saturated rings. The van der Waals surface area contributed by atoms with Gasteiger partial charge in [0.1, 0.15) is 0 Å². The molecule has 1 N–H and O–H groups in total. The second-order valence-corrected chi connectivity index (χ2v) is 7.73. The zero-order valence-corrected chi connectivity index (χ0v) is 15.2. The summed E-state index contributed by atoms with van der Waals surface area (Å²) in [5.74, 6) is 0.677. The number of halogens is 1. The Hall–Kier alpha value is -0.770. The van der Waals surface area contributed by atoms with Crippen molar-refractivity contribution in [1.29, 1.82) is 0 Å². The Balaban J connectivity index is 2.14. The standard InChI is InChI=1S/C18H22BrNS/c1-13(2)11-20-12-15-9-14(3)7-8-18(15)21-17-6-4-5-16(19)10-17/h4-10,13,20H,11-12H2,1-3H3. The van der Waals surface area contributed by atoms with E-state index < -0.39 is 0 Å². The third-order valence-electron chi connectivity index (χ3n) is 3.11. The van der Waals surface area contributed by atoms with E-state index in [1.54, 1.807) is 0 Å². The summed E-state index contributed by atoms with van der Waals surface area (Å²) < 4.78 is 1.12. The summed E-state index contributed by atoms with van der Waals surface area (Å²) in [6, 6.07) is 15.2. The molecule has 0 unspecified atom stereocenters. The van der Waals surface area contributed by atoms with Crippen LogP contribution in [0.3, 0.4) is 0 Å². The normalized spacial score (nSPS) is 11.1. The van der Waals surface area contributed by atoms with Crippen molar-refractivity contribution in [3.05, 3.63) is 58.1 Å². The zero-order chi connectivity index (χ0) is 15.2. The number of rotatable bonds is 6. The third-order valence-corrected chi connectivity index (χ3v) is 4.71. The smallest absolute Gasteiger partial charge is 0.0216 e. The summed E-state index contributed by atoms with van der Waals surface area (Å²) >= 11 is 5.36. The van der Waals surface area contributed by atoms with Gasteiger partial charge >= 0.3 is 0 Å². The van der Waals surface area contributed by atoms with Crippen LogP contribution in [0.5, 0.6) is 0 Å². The molecule has 0 amide bonds. The van der Waals surface area contributed by atoms with E-state index in [-0.39, 0.29) is 0 Å². The minimum absolute atomic E-state index is 0.677. The lowest BCUT2D eigenvalue weighted by Gasteiger charge is -2.13. The molecule has 0 bridgehead atoms. The first-order chi connectivity index (χ1) is 10.0. The van der Waals surface area contributed by atoms with Crippen LogP contribution in [-0.4, -0.2) is 6.54 Å². The van der Waals surface area contributed by atoms with Crippen LogP contribution in [-0.2, 0) is 6.54 Å². The Labute approximate surface area is 140 Å². The Bertz CT molecular complexity index is 596. The predicted octanol–water partition coefficient (Wildman–Crippen LogP) is 5.65. The summed E-state index contributed by atoms with van der Waals surface area (Å²) in [4.78, 5) is 2.59. The van der Waals surface area contributed by atoms with E-state index in [4.69, 9.17) is 0 Å². The van der Waals surface area contributed by atoms with Crippen LogP contribution < -0.4 is 5.32 Å². The molecule has 0 spiro atoms. The molecule has 1 nitrogen and oxygen atoms in total. The van der Waals surface area contributed by atoms with Crippen molar-refractivity contribution in [2.45, 2.75) is 37.1 Å². The van der Waals surface area contributed by atoms with Crippen LogP contribution in [0.1, 0.15) is 25.0 Å². The van der Waals surface area contributed by atoms with Gasteiger partial charge in [0.2, 0.25) is 0 Å². The van der Waals surface area contributed by atoms with Gasteiger partial charge in [-0.15, -0.1) is 0 Å². The highest BCUT2D eigenvalue weighted by Crippen LogP contribution is 2.32. The van der Waals surface area contributed by atoms with Crippen molar-refractivity contribution >= 4 is 27.7 Å². The fraction of sp³-hybridized carbons (Fsp3) is 0.333. The van der Waals surface area contributed by atoms with Crippen molar-refractivity contribution in [2.75, 3.05) is 6.54 Å². The van der Waals surface area contributed by atoms with Crippen molar-refractivity contribution < 1.29 is 0 Å². The molecule has 0 atom stereocenters. The number of hydrogen-bond acceptors (Lipinski definition) is 2. The average molecular weight is 364 g/mol. The molecular weight excluding hydrogens is 342 g/mol. The topological polar surface area (TPSA) is 12.0 Å². The number of hydrogen-bond donors (Lipinski definition) is 1. The molecule has 0 aromatic heterocycles. The first kappa shape index (κ1) is 16.6. The predicted molar refractivity (Wildman–Crippen MR) is 96.0 cm³/mol. The lowest BCUT2D eigenvalue weighted by molar-refractivity contribution is 0.550. The second kappa shape index (κ2) is 8.02. The highest BCUT2D eigenvalue weighted by molar-refractivity contribution is 9.10. The first-order valence-electron chi connectivity index (χ1n) is 7.28. The van der Waals surface area contributed by atoms with Gasteiger partial charge in [-0.1, -0.05) is 65.3 Å². The summed E-state index contributed by atoms with van der Waals surface area (Å²) in [5, 5.41) is 3.54. The van der Waals surface area contributed by atoms with Gasteiger partial charge in [0.15, 0.2) is 0 Å². The number of nitrogens with one attached hydrogen (secondary N) is 1. The van der Waals surface area contributed by atoms with E-state index in [9.17, 15) is 0 Å². The minimum atomic E-state index is 0.677. The molecule has 0 aliphatic carbocycles. The Morgan fingerprint density at radius 2 is 1.95 bits per heavy atom. The van der Waals surface area contributed by atoms with Gasteiger partial charge in [-0.25, -0.2) is 0 Å². The quantitative estimate of drug-likeness (QED) is 0.710. The SMILES string of the molecule is Cc1ccc(Sc2cccc(Br)c2)c(CNCC(C)C)c1. The fourth-order valence-corrected chi connectivity index (χ4v) is 3.63. The van der Waals surface area contributed by atoms with Crippen molar-refractivity contribution in [3.8, 4) is 0 Å². The van der Waals surface area contributed by atoms with Crippen LogP contribution >= 0.6 is 27.7 Å². The number of benzene rings is 2. The maximum Gasteiger partial charge on any atom is 0.0216 e. The summed E-state index contributed by atoms with van der Waals surface area (Å²) in [5.41, 5.74) is 2.69.